The Labute approximate surface area is 160 Å². The average molecular weight is 435 g/mol. The van der Waals surface area contributed by atoms with Gasteiger partial charge in [-0.3, -0.25) is 0 Å². The molecular formula is C16H26Cl2F6S. The molecular weight excluding hydrogens is 409 g/mol. The Morgan fingerprint density at radius 1 is 0.640 bits per heavy atom. The van der Waals surface area contributed by atoms with Gasteiger partial charge >= 0.3 is 12.4 Å². The second kappa shape index (κ2) is 13.6. The maximum absolute atomic E-state index is 12.5. The van der Waals surface area contributed by atoms with Crippen LogP contribution in [0.5, 0.6) is 0 Å². The van der Waals surface area contributed by atoms with Crippen LogP contribution in [0, 0.1) is 11.8 Å². The molecule has 0 aliphatic heterocycles. The van der Waals surface area contributed by atoms with Crippen LogP contribution < -0.4 is 0 Å². The van der Waals surface area contributed by atoms with Gasteiger partial charge in [0, 0.05) is 24.6 Å². The largest absolute Gasteiger partial charge is 0.389 e. The molecule has 152 valence electrons. The smallest absolute Gasteiger partial charge is 0.171 e. The predicted octanol–water partition coefficient (Wildman–Crippen LogP) is 7.68. The lowest BCUT2D eigenvalue weighted by atomic mass is 9.96. The van der Waals surface area contributed by atoms with Gasteiger partial charge in [0.25, 0.3) is 0 Å². The van der Waals surface area contributed by atoms with Gasteiger partial charge in [0.15, 0.2) is 0 Å². The van der Waals surface area contributed by atoms with Gasteiger partial charge in [0.1, 0.15) is 0 Å². The maximum Gasteiger partial charge on any atom is 0.389 e. The third-order valence-corrected chi connectivity index (χ3v) is 5.46. The molecule has 0 aromatic heterocycles. The molecule has 0 aliphatic rings. The van der Waals surface area contributed by atoms with Gasteiger partial charge in [-0.25, -0.2) is 0 Å². The number of rotatable bonds is 14. The van der Waals surface area contributed by atoms with Crippen LogP contribution in [-0.2, 0) is 0 Å². The van der Waals surface area contributed by atoms with Crippen LogP contribution in [-0.4, -0.2) is 35.6 Å². The Morgan fingerprint density at radius 3 is 1.28 bits per heavy atom. The van der Waals surface area contributed by atoms with Crippen molar-refractivity contribution < 1.29 is 26.3 Å². The van der Waals surface area contributed by atoms with Crippen molar-refractivity contribution in [3.63, 3.8) is 0 Å². The van der Waals surface area contributed by atoms with Gasteiger partial charge in [-0.2, -0.15) is 38.1 Å². The molecule has 2 atom stereocenters. The van der Waals surface area contributed by atoms with Gasteiger partial charge in [-0.1, -0.05) is 0 Å². The normalized spacial score (nSPS) is 15.4. The Morgan fingerprint density at radius 2 is 1.00 bits per heavy atom. The van der Waals surface area contributed by atoms with E-state index in [0.29, 0.717) is 61.8 Å². The molecule has 0 N–H and O–H groups in total. The molecule has 0 saturated heterocycles. The van der Waals surface area contributed by atoms with Crippen molar-refractivity contribution in [3.05, 3.63) is 0 Å². The number of hydrogen-bond donors (Lipinski definition) is 0. The molecule has 0 aliphatic carbocycles. The third-order valence-electron chi connectivity index (χ3n) is 3.87. The van der Waals surface area contributed by atoms with E-state index in [1.54, 1.807) is 0 Å². The number of hydrogen-bond acceptors (Lipinski definition) is 1. The average Bonchev–Trinajstić information content (AvgIpc) is 2.46. The summed E-state index contributed by atoms with van der Waals surface area (Å²) in [5.41, 5.74) is 0. The summed E-state index contributed by atoms with van der Waals surface area (Å²) in [4.78, 5) is 0. The molecule has 25 heavy (non-hydrogen) atoms. The molecule has 0 aromatic rings. The van der Waals surface area contributed by atoms with Crippen molar-refractivity contribution in [1.82, 2.24) is 0 Å². The fourth-order valence-electron chi connectivity index (χ4n) is 2.69. The Hall–Kier alpha value is 0.510. The highest BCUT2D eigenvalue weighted by molar-refractivity contribution is 7.99. The fraction of sp³-hybridized carbons (Fsp3) is 1.00. The van der Waals surface area contributed by atoms with Crippen molar-refractivity contribution in [1.29, 1.82) is 0 Å². The van der Waals surface area contributed by atoms with Crippen molar-refractivity contribution >= 4 is 35.0 Å². The van der Waals surface area contributed by atoms with Crippen LogP contribution in [0.15, 0.2) is 0 Å². The van der Waals surface area contributed by atoms with Gasteiger partial charge in [0.2, 0.25) is 0 Å². The molecule has 0 spiro atoms. The van der Waals surface area contributed by atoms with Crippen molar-refractivity contribution in [2.75, 3.05) is 23.3 Å². The standard InChI is InChI=1S/C16H26Cl2F6S/c17-7-1-3-13(11-15(19,20)21)5-9-25-10-6-14(4-2-8-18)12-16(22,23)24/h13-14H,1-12H2. The Bertz CT molecular complexity index is 293. The monoisotopic (exact) mass is 434 g/mol. The number of thioether (sulfide) groups is 1. The van der Waals surface area contributed by atoms with E-state index in [1.165, 1.54) is 11.8 Å². The molecule has 9 heteroatoms. The maximum atomic E-state index is 12.5. The minimum absolute atomic E-state index is 0.335. The third kappa shape index (κ3) is 17.7. The van der Waals surface area contributed by atoms with E-state index >= 15 is 0 Å². The topological polar surface area (TPSA) is 0 Å². The molecule has 0 saturated carbocycles. The summed E-state index contributed by atoms with van der Waals surface area (Å²) in [6.45, 7) is 0. The summed E-state index contributed by atoms with van der Waals surface area (Å²) in [5.74, 6) is 0.790. The van der Waals surface area contributed by atoms with Crippen molar-refractivity contribution in [3.8, 4) is 0 Å². The minimum Gasteiger partial charge on any atom is -0.171 e. The van der Waals surface area contributed by atoms with E-state index in [2.05, 4.69) is 0 Å². The van der Waals surface area contributed by atoms with Gasteiger partial charge in [-0.05, 0) is 61.9 Å². The quantitative estimate of drug-likeness (QED) is 0.153. The van der Waals surface area contributed by atoms with Crippen LogP contribution in [0.2, 0.25) is 0 Å². The lowest BCUT2D eigenvalue weighted by Gasteiger charge is -2.19. The summed E-state index contributed by atoms with van der Waals surface area (Å²) in [6.07, 6.45) is -7.28. The number of halogens is 8. The summed E-state index contributed by atoms with van der Waals surface area (Å²) in [6, 6.07) is 0. The van der Waals surface area contributed by atoms with Crippen LogP contribution in [0.25, 0.3) is 0 Å². The van der Waals surface area contributed by atoms with E-state index in [1.807, 2.05) is 0 Å². The molecule has 0 radical (unpaired) electrons. The Balaban J connectivity index is 4.13. The molecule has 0 amide bonds. The first-order chi connectivity index (χ1) is 11.6. The van der Waals surface area contributed by atoms with E-state index in [4.69, 9.17) is 23.2 Å². The van der Waals surface area contributed by atoms with Gasteiger partial charge < -0.3 is 0 Å². The van der Waals surface area contributed by atoms with Crippen molar-refractivity contribution in [2.45, 2.75) is 63.7 Å². The van der Waals surface area contributed by atoms with Crippen LogP contribution in [0.1, 0.15) is 51.4 Å². The molecule has 0 heterocycles. The van der Waals surface area contributed by atoms with Crippen molar-refractivity contribution in [2.24, 2.45) is 11.8 Å². The first kappa shape index (κ1) is 25.5. The molecule has 0 fully saturated rings. The SMILES string of the molecule is FC(F)(F)CC(CCCCl)CCSCCC(CCCCl)CC(F)(F)F. The first-order valence-corrected chi connectivity index (χ1v) is 10.6. The van der Waals surface area contributed by atoms with E-state index < -0.39 is 37.0 Å². The highest BCUT2D eigenvalue weighted by atomic mass is 35.5. The molecule has 2 unspecified atom stereocenters. The molecule has 0 aromatic carbocycles. The van der Waals surface area contributed by atoms with E-state index in [-0.39, 0.29) is 0 Å². The molecule has 0 nitrogen and oxygen atoms in total. The Kier molecular flexibility index (Phi) is 13.9. The van der Waals surface area contributed by atoms with Crippen LogP contribution in [0.3, 0.4) is 0 Å². The summed E-state index contributed by atoms with van der Waals surface area (Å²) in [5, 5.41) is 0. The van der Waals surface area contributed by atoms with Crippen LogP contribution >= 0.6 is 35.0 Å². The molecule has 0 rings (SSSR count). The first-order valence-electron chi connectivity index (χ1n) is 8.40. The summed E-state index contributed by atoms with van der Waals surface area (Å²) < 4.78 is 75.2. The highest BCUT2D eigenvalue weighted by Crippen LogP contribution is 2.32. The van der Waals surface area contributed by atoms with Crippen LogP contribution in [0.4, 0.5) is 26.3 Å². The lowest BCUT2D eigenvalue weighted by Crippen LogP contribution is -2.17. The lowest BCUT2D eigenvalue weighted by molar-refractivity contribution is -0.145. The number of alkyl halides is 8. The second-order valence-corrected chi connectivity index (χ2v) is 8.20. The zero-order chi connectivity index (χ0) is 19.3. The summed E-state index contributed by atoms with van der Waals surface area (Å²) in [7, 11) is 0. The fourth-order valence-corrected chi connectivity index (χ4v) is 4.20. The molecule has 0 bridgehead atoms. The highest BCUT2D eigenvalue weighted by Gasteiger charge is 2.32. The summed E-state index contributed by atoms with van der Waals surface area (Å²) >= 11 is 12.5. The van der Waals surface area contributed by atoms with E-state index in [9.17, 15) is 26.3 Å². The van der Waals surface area contributed by atoms with Gasteiger partial charge in [-0.15, -0.1) is 23.2 Å². The second-order valence-electron chi connectivity index (χ2n) is 6.22. The van der Waals surface area contributed by atoms with E-state index in [0.717, 1.165) is 0 Å². The zero-order valence-electron chi connectivity index (χ0n) is 14.1. The zero-order valence-corrected chi connectivity index (χ0v) is 16.4. The predicted molar refractivity (Wildman–Crippen MR) is 94.8 cm³/mol. The minimum atomic E-state index is -4.19. The van der Waals surface area contributed by atoms with Gasteiger partial charge in [0.05, 0.1) is 0 Å².